The highest BCUT2D eigenvalue weighted by Crippen LogP contribution is 2.21. The third-order valence-electron chi connectivity index (χ3n) is 5.33. The number of thioether (sulfide) groups is 1. The zero-order valence-electron chi connectivity index (χ0n) is 17.8. The molecule has 1 aromatic heterocycles. The number of hydrogen-bond acceptors (Lipinski definition) is 5. The maximum atomic E-state index is 12.4. The predicted octanol–water partition coefficient (Wildman–Crippen LogP) is 3.52. The molecule has 1 N–H and O–H groups in total. The van der Waals surface area contributed by atoms with E-state index in [1.54, 1.807) is 6.33 Å². The molecule has 156 valence electrons. The monoisotopic (exact) mass is 413 g/mol. The van der Waals surface area contributed by atoms with E-state index < -0.39 is 0 Å². The largest absolute Gasteiger partial charge is 0.353 e. The smallest absolute Gasteiger partial charge is 0.230 e. The van der Waals surface area contributed by atoms with Gasteiger partial charge in [0.1, 0.15) is 6.33 Å². The molecule has 1 saturated heterocycles. The molecule has 1 fully saturated rings. The van der Waals surface area contributed by atoms with E-state index in [2.05, 4.69) is 72.4 Å². The Labute approximate surface area is 177 Å². The molecule has 2 heterocycles. The number of aromatic nitrogens is 3. The molecule has 0 radical (unpaired) electrons. The molecule has 3 rings (SSSR count). The van der Waals surface area contributed by atoms with Crippen molar-refractivity contribution in [2.24, 2.45) is 0 Å². The van der Waals surface area contributed by atoms with E-state index in [1.807, 2.05) is 4.57 Å². The fraction of sp³-hybridized carbons (Fsp3) is 0.500. The molecule has 0 saturated carbocycles. The first-order chi connectivity index (χ1) is 13.9. The zero-order chi connectivity index (χ0) is 20.8. The molecule has 7 heteroatoms. The molecule has 0 atom stereocenters. The van der Waals surface area contributed by atoms with Gasteiger partial charge in [-0.3, -0.25) is 14.3 Å². The summed E-state index contributed by atoms with van der Waals surface area (Å²) in [6.07, 6.45) is 5.98. The van der Waals surface area contributed by atoms with E-state index in [0.717, 1.165) is 43.3 Å². The molecule has 29 heavy (non-hydrogen) atoms. The maximum absolute atomic E-state index is 12.4. The van der Waals surface area contributed by atoms with Gasteiger partial charge >= 0.3 is 0 Å². The zero-order valence-corrected chi connectivity index (χ0v) is 18.6. The van der Waals surface area contributed by atoms with Crippen LogP contribution in [0, 0.1) is 13.8 Å². The topological polar surface area (TPSA) is 63.1 Å². The van der Waals surface area contributed by atoms with E-state index in [-0.39, 0.29) is 11.9 Å². The fourth-order valence-electron chi connectivity index (χ4n) is 3.35. The third kappa shape index (κ3) is 6.18. The van der Waals surface area contributed by atoms with Crippen molar-refractivity contribution in [2.45, 2.75) is 51.7 Å². The minimum absolute atomic E-state index is 0.0624. The summed E-state index contributed by atoms with van der Waals surface area (Å²) in [4.78, 5) is 14.9. The lowest BCUT2D eigenvalue weighted by molar-refractivity contribution is -0.119. The highest BCUT2D eigenvalue weighted by atomic mass is 32.2. The Morgan fingerprint density at radius 3 is 2.69 bits per heavy atom. The summed E-state index contributed by atoms with van der Waals surface area (Å²) in [6.45, 7) is 11.5. The van der Waals surface area contributed by atoms with Crippen LogP contribution in [0.5, 0.6) is 0 Å². The third-order valence-corrected chi connectivity index (χ3v) is 6.27. The summed E-state index contributed by atoms with van der Waals surface area (Å²) in [6, 6.07) is 6.53. The Balaban J connectivity index is 1.48. The molecule has 2 aromatic rings. The van der Waals surface area contributed by atoms with Gasteiger partial charge in [-0.1, -0.05) is 29.5 Å². The summed E-state index contributed by atoms with van der Waals surface area (Å²) < 4.78 is 1.94. The van der Waals surface area contributed by atoms with Gasteiger partial charge in [0.2, 0.25) is 5.91 Å². The van der Waals surface area contributed by atoms with Gasteiger partial charge in [0, 0.05) is 31.4 Å². The minimum atomic E-state index is 0.0624. The Bertz CT molecular complexity index is 864. The van der Waals surface area contributed by atoms with Crippen LogP contribution < -0.4 is 5.32 Å². The minimum Gasteiger partial charge on any atom is -0.353 e. The Hall–Kier alpha value is -2.12. The summed E-state index contributed by atoms with van der Waals surface area (Å²) in [5, 5.41) is 12.1. The maximum Gasteiger partial charge on any atom is 0.230 e. The van der Waals surface area contributed by atoms with E-state index >= 15 is 0 Å². The summed E-state index contributed by atoms with van der Waals surface area (Å²) in [7, 11) is 0. The number of hydrogen-bond donors (Lipinski definition) is 1. The summed E-state index contributed by atoms with van der Waals surface area (Å²) in [5.74, 6) is 0.411. The molecule has 0 unspecified atom stereocenters. The molecule has 0 spiro atoms. The van der Waals surface area contributed by atoms with Crippen molar-refractivity contribution in [1.82, 2.24) is 25.0 Å². The average molecular weight is 414 g/mol. The number of nitrogens with zero attached hydrogens (tertiary/aromatic N) is 4. The number of nitrogens with one attached hydrogen (secondary N) is 1. The number of allylic oxidation sites excluding steroid dienone is 1. The average Bonchev–Trinajstić information content (AvgIpc) is 3.16. The van der Waals surface area contributed by atoms with E-state index in [4.69, 9.17) is 0 Å². The summed E-state index contributed by atoms with van der Waals surface area (Å²) >= 11 is 1.43. The first-order valence-corrected chi connectivity index (χ1v) is 11.2. The van der Waals surface area contributed by atoms with Gasteiger partial charge in [0.05, 0.1) is 5.75 Å². The quantitative estimate of drug-likeness (QED) is 0.556. The Morgan fingerprint density at radius 1 is 1.24 bits per heavy atom. The van der Waals surface area contributed by atoms with Crippen LogP contribution >= 0.6 is 11.8 Å². The van der Waals surface area contributed by atoms with Gasteiger partial charge in [0.25, 0.3) is 0 Å². The van der Waals surface area contributed by atoms with Crippen molar-refractivity contribution in [1.29, 1.82) is 0 Å². The van der Waals surface area contributed by atoms with Gasteiger partial charge in [-0.25, -0.2) is 0 Å². The molecular formula is C22H31N5OS. The van der Waals surface area contributed by atoms with Crippen molar-refractivity contribution in [3.63, 3.8) is 0 Å². The number of likely N-dealkylation sites (tertiary alicyclic amines) is 1. The van der Waals surface area contributed by atoms with Gasteiger partial charge in [-0.15, -0.1) is 10.2 Å². The van der Waals surface area contributed by atoms with E-state index in [0.29, 0.717) is 5.75 Å². The number of carbonyl (C=O) groups excluding carboxylic acids is 1. The van der Waals surface area contributed by atoms with Crippen LogP contribution in [0.3, 0.4) is 0 Å². The van der Waals surface area contributed by atoms with Crippen molar-refractivity contribution in [3.8, 4) is 5.69 Å². The van der Waals surface area contributed by atoms with Gasteiger partial charge < -0.3 is 5.32 Å². The van der Waals surface area contributed by atoms with Crippen molar-refractivity contribution >= 4 is 17.7 Å². The second-order valence-corrected chi connectivity index (χ2v) is 8.91. The first-order valence-electron chi connectivity index (χ1n) is 10.2. The molecule has 1 aromatic carbocycles. The highest BCUT2D eigenvalue weighted by Gasteiger charge is 2.20. The van der Waals surface area contributed by atoms with Crippen molar-refractivity contribution < 1.29 is 4.79 Å². The lowest BCUT2D eigenvalue weighted by Crippen LogP contribution is -2.45. The summed E-state index contributed by atoms with van der Waals surface area (Å²) in [5.41, 5.74) is 4.85. The number of amides is 1. The molecule has 6 nitrogen and oxygen atoms in total. The fourth-order valence-corrected chi connectivity index (χ4v) is 4.09. The number of carbonyl (C=O) groups is 1. The normalized spacial score (nSPS) is 15.3. The van der Waals surface area contributed by atoms with Crippen molar-refractivity contribution in [3.05, 3.63) is 47.3 Å². The standard InChI is InChI=1S/C22H31N5OS/c1-16(2)7-10-26-11-8-19(9-12-26)24-21(28)14-29-22-25-23-15-27(22)20-6-5-17(3)18(4)13-20/h5-7,13,15,19H,8-12,14H2,1-4H3,(H,24,28). The van der Waals surface area contributed by atoms with Gasteiger partial charge in [-0.05, 0) is 63.8 Å². The van der Waals surface area contributed by atoms with Crippen molar-refractivity contribution in [2.75, 3.05) is 25.4 Å². The number of piperidine rings is 1. The van der Waals surface area contributed by atoms with Crippen LogP contribution in [0.15, 0.2) is 41.3 Å². The van der Waals surface area contributed by atoms with Crippen LogP contribution in [0.1, 0.15) is 37.8 Å². The first kappa shape index (κ1) is 21.6. The van der Waals surface area contributed by atoms with E-state index in [9.17, 15) is 4.79 Å². The number of rotatable bonds is 7. The lowest BCUT2D eigenvalue weighted by Gasteiger charge is -2.31. The van der Waals surface area contributed by atoms with E-state index in [1.165, 1.54) is 28.5 Å². The van der Waals surface area contributed by atoms with Crippen LogP contribution in [-0.4, -0.2) is 57.0 Å². The van der Waals surface area contributed by atoms with Crippen LogP contribution in [0.2, 0.25) is 0 Å². The van der Waals surface area contributed by atoms with Crippen LogP contribution in [0.25, 0.3) is 5.69 Å². The Morgan fingerprint density at radius 2 is 2.00 bits per heavy atom. The molecular weight excluding hydrogens is 382 g/mol. The second-order valence-electron chi connectivity index (χ2n) is 7.96. The molecule has 1 aliphatic rings. The molecule has 1 amide bonds. The second kappa shape index (κ2) is 10.1. The molecule has 0 bridgehead atoms. The van der Waals surface area contributed by atoms with Crippen LogP contribution in [0.4, 0.5) is 0 Å². The van der Waals surface area contributed by atoms with Gasteiger partial charge in [0.15, 0.2) is 5.16 Å². The highest BCUT2D eigenvalue weighted by molar-refractivity contribution is 7.99. The number of benzene rings is 1. The lowest BCUT2D eigenvalue weighted by atomic mass is 10.0. The Kier molecular flexibility index (Phi) is 7.50. The SMILES string of the molecule is CC(C)=CCN1CCC(NC(=O)CSc2nncn2-c2ccc(C)c(C)c2)CC1. The molecule has 0 aliphatic carbocycles. The van der Waals surface area contributed by atoms with Gasteiger partial charge in [-0.2, -0.15) is 0 Å². The molecule has 1 aliphatic heterocycles. The number of aryl methyl sites for hydroxylation is 2. The van der Waals surface area contributed by atoms with Crippen LogP contribution in [-0.2, 0) is 4.79 Å². The predicted molar refractivity (Wildman–Crippen MR) is 119 cm³/mol.